The molecule has 1 aliphatic carbocycles. The van der Waals surface area contributed by atoms with Gasteiger partial charge in [0.2, 0.25) is 5.91 Å². The van der Waals surface area contributed by atoms with Gasteiger partial charge in [-0.1, -0.05) is 63.3 Å². The fraction of sp³-hybridized carbons (Fsp3) is 0.621. The normalized spacial score (nSPS) is 16.0. The van der Waals surface area contributed by atoms with Crippen molar-refractivity contribution in [3.63, 3.8) is 0 Å². The van der Waals surface area contributed by atoms with Gasteiger partial charge in [-0.05, 0) is 70.9 Å². The summed E-state index contributed by atoms with van der Waals surface area (Å²) in [6.07, 6.45) is 10.7. The molecule has 0 bridgehead atoms. The highest BCUT2D eigenvalue weighted by atomic mass is 16.6. The molecule has 0 saturated heterocycles. The molecule has 0 radical (unpaired) electrons. The smallest absolute Gasteiger partial charge is 0.408 e. The largest absolute Gasteiger partial charge is 0.444 e. The number of amides is 3. The third kappa shape index (κ3) is 8.58. The highest BCUT2D eigenvalue weighted by Gasteiger charge is 2.37. The van der Waals surface area contributed by atoms with Crippen LogP contribution in [0.25, 0.3) is 0 Å². The number of ether oxygens (including phenoxy) is 1. The van der Waals surface area contributed by atoms with Crippen molar-refractivity contribution in [3.8, 4) is 12.5 Å². The maximum atomic E-state index is 13.9. The molecule has 0 spiro atoms. The lowest BCUT2D eigenvalue weighted by atomic mass is 9.93. The van der Waals surface area contributed by atoms with Gasteiger partial charge < -0.3 is 15.4 Å². The second-order valence-corrected chi connectivity index (χ2v) is 11.3. The van der Waals surface area contributed by atoms with Crippen LogP contribution < -0.4 is 10.6 Å². The van der Waals surface area contributed by atoms with Crippen molar-refractivity contribution in [2.75, 3.05) is 0 Å². The molecule has 7 nitrogen and oxygen atoms in total. The molecule has 0 aliphatic heterocycles. The molecule has 0 heterocycles. The zero-order valence-corrected chi connectivity index (χ0v) is 22.9. The van der Waals surface area contributed by atoms with Gasteiger partial charge in [-0.2, -0.15) is 0 Å². The zero-order valence-electron chi connectivity index (χ0n) is 22.9. The van der Waals surface area contributed by atoms with Crippen LogP contribution in [0.2, 0.25) is 0 Å². The lowest BCUT2D eigenvalue weighted by molar-refractivity contribution is -0.139. The Morgan fingerprint density at radius 3 is 2.33 bits per heavy atom. The van der Waals surface area contributed by atoms with Crippen LogP contribution in [0.1, 0.15) is 95.9 Å². The van der Waals surface area contributed by atoms with E-state index in [1.165, 1.54) is 0 Å². The van der Waals surface area contributed by atoms with Gasteiger partial charge >= 0.3 is 6.09 Å². The molecule has 2 unspecified atom stereocenters. The van der Waals surface area contributed by atoms with Crippen molar-refractivity contribution in [3.05, 3.63) is 34.9 Å². The second kappa shape index (κ2) is 12.8. The van der Waals surface area contributed by atoms with Crippen molar-refractivity contribution < 1.29 is 19.1 Å². The third-order valence-corrected chi connectivity index (χ3v) is 6.26. The molecular formula is C29H43N3O4. The standard InChI is InChI=1S/C29H43N3O4/c1-9-32(27(34)24(17-19(2)3)31-28(35)36-29(6,7)8)25(23-18-20(4)15-16-21(23)5)26(33)30-22-13-11-10-12-14-22/h1,15-16,18-19,22,24-25H,10-14,17H2,2-8H3,(H,30,33)(H,31,35). The average molecular weight is 498 g/mol. The first kappa shape index (κ1) is 29.2. The topological polar surface area (TPSA) is 87.7 Å². The van der Waals surface area contributed by atoms with E-state index in [0.29, 0.717) is 12.0 Å². The van der Waals surface area contributed by atoms with Crippen LogP contribution in [0, 0.1) is 32.2 Å². The molecule has 2 atom stereocenters. The van der Waals surface area contributed by atoms with Gasteiger partial charge in [-0.25, -0.2) is 4.79 Å². The number of terminal acetylenes is 1. The molecule has 1 aromatic carbocycles. The van der Waals surface area contributed by atoms with Gasteiger partial charge in [0.15, 0.2) is 0 Å². The van der Waals surface area contributed by atoms with Crippen molar-refractivity contribution in [1.82, 2.24) is 15.5 Å². The van der Waals surface area contributed by atoms with Crippen LogP contribution in [0.3, 0.4) is 0 Å². The summed E-state index contributed by atoms with van der Waals surface area (Å²) >= 11 is 0. The Morgan fingerprint density at radius 1 is 1.14 bits per heavy atom. The number of hydrogen-bond donors (Lipinski definition) is 2. The molecule has 198 valence electrons. The fourth-order valence-electron chi connectivity index (χ4n) is 4.56. The molecule has 3 amide bonds. The predicted octanol–water partition coefficient (Wildman–Crippen LogP) is 5.15. The van der Waals surface area contributed by atoms with E-state index in [4.69, 9.17) is 11.2 Å². The van der Waals surface area contributed by atoms with E-state index in [1.54, 1.807) is 20.8 Å². The highest BCUT2D eigenvalue weighted by molar-refractivity contribution is 5.93. The first-order valence-corrected chi connectivity index (χ1v) is 13.0. The second-order valence-electron chi connectivity index (χ2n) is 11.3. The molecule has 0 aromatic heterocycles. The Bertz CT molecular complexity index is 968. The van der Waals surface area contributed by atoms with Crippen LogP contribution in [0.15, 0.2) is 18.2 Å². The van der Waals surface area contributed by atoms with Crippen LogP contribution in [0.5, 0.6) is 0 Å². The quantitative estimate of drug-likeness (QED) is 0.384. The number of alkyl carbamates (subject to hydrolysis) is 1. The predicted molar refractivity (Wildman–Crippen MR) is 142 cm³/mol. The molecule has 2 rings (SSSR count). The van der Waals surface area contributed by atoms with Crippen molar-refractivity contribution >= 4 is 17.9 Å². The molecule has 36 heavy (non-hydrogen) atoms. The van der Waals surface area contributed by atoms with Gasteiger partial charge in [0.05, 0.1) is 0 Å². The number of hydrogen-bond acceptors (Lipinski definition) is 4. The molecule has 1 aromatic rings. The lowest BCUT2D eigenvalue weighted by Crippen LogP contribution is -2.52. The van der Waals surface area contributed by atoms with Crippen molar-refractivity contribution in [2.24, 2.45) is 5.92 Å². The Kier molecular flexibility index (Phi) is 10.4. The van der Waals surface area contributed by atoms with Gasteiger partial charge in [0.1, 0.15) is 17.7 Å². The molecule has 7 heteroatoms. The summed E-state index contributed by atoms with van der Waals surface area (Å²) in [5.41, 5.74) is 1.77. The number of carbonyl (C=O) groups is 3. The summed E-state index contributed by atoms with van der Waals surface area (Å²) in [6, 6.07) is 6.36. The van der Waals surface area contributed by atoms with E-state index in [2.05, 4.69) is 16.7 Å². The summed E-state index contributed by atoms with van der Waals surface area (Å²) in [5.74, 6) is -0.729. The van der Waals surface area contributed by atoms with E-state index in [0.717, 1.165) is 48.1 Å². The van der Waals surface area contributed by atoms with Crippen molar-refractivity contribution in [2.45, 2.75) is 111 Å². The molecule has 1 fully saturated rings. The van der Waals surface area contributed by atoms with Gasteiger partial charge in [-0.3, -0.25) is 14.5 Å². The van der Waals surface area contributed by atoms with E-state index >= 15 is 0 Å². The number of aryl methyl sites for hydroxylation is 2. The number of benzene rings is 1. The number of nitrogens with one attached hydrogen (secondary N) is 2. The summed E-state index contributed by atoms with van der Waals surface area (Å²) in [6.45, 7) is 13.0. The first-order valence-electron chi connectivity index (χ1n) is 13.0. The first-order chi connectivity index (χ1) is 16.8. The van der Waals surface area contributed by atoms with E-state index in [9.17, 15) is 14.4 Å². The monoisotopic (exact) mass is 497 g/mol. The summed E-state index contributed by atoms with van der Waals surface area (Å²) in [7, 11) is 0. The van der Waals surface area contributed by atoms with E-state index in [1.807, 2.05) is 45.9 Å². The number of rotatable bonds is 8. The molecule has 2 N–H and O–H groups in total. The maximum absolute atomic E-state index is 13.9. The van der Waals surface area contributed by atoms with Crippen LogP contribution in [-0.2, 0) is 14.3 Å². The molecule has 1 saturated carbocycles. The van der Waals surface area contributed by atoms with Gasteiger partial charge in [0, 0.05) is 12.1 Å². The maximum Gasteiger partial charge on any atom is 0.408 e. The van der Waals surface area contributed by atoms with E-state index in [-0.39, 0.29) is 17.9 Å². The van der Waals surface area contributed by atoms with Gasteiger partial charge in [0.25, 0.3) is 5.91 Å². The average Bonchev–Trinajstić information content (AvgIpc) is 2.77. The summed E-state index contributed by atoms with van der Waals surface area (Å²) in [4.78, 5) is 41.3. The minimum atomic E-state index is -1.01. The molecular weight excluding hydrogens is 454 g/mol. The van der Waals surface area contributed by atoms with Gasteiger partial charge in [-0.15, -0.1) is 0 Å². The Hall–Kier alpha value is -3.01. The Balaban J connectivity index is 2.44. The van der Waals surface area contributed by atoms with Crippen molar-refractivity contribution in [1.29, 1.82) is 0 Å². The van der Waals surface area contributed by atoms with Crippen LogP contribution >= 0.6 is 0 Å². The highest BCUT2D eigenvalue weighted by Crippen LogP contribution is 2.28. The zero-order chi connectivity index (χ0) is 27.0. The number of carbonyl (C=O) groups excluding carboxylic acids is 3. The fourth-order valence-corrected chi connectivity index (χ4v) is 4.56. The summed E-state index contributed by atoms with van der Waals surface area (Å²) in [5, 5.41) is 5.84. The Labute approximate surface area is 216 Å². The van der Waals surface area contributed by atoms with Crippen LogP contribution in [-0.4, -0.2) is 40.5 Å². The number of nitrogens with zero attached hydrogens (tertiary/aromatic N) is 1. The Morgan fingerprint density at radius 2 is 1.78 bits per heavy atom. The minimum Gasteiger partial charge on any atom is -0.444 e. The minimum absolute atomic E-state index is 0.0555. The summed E-state index contributed by atoms with van der Waals surface area (Å²) < 4.78 is 5.39. The SMILES string of the molecule is C#CN(C(=O)C(CC(C)C)NC(=O)OC(C)(C)C)C(C(=O)NC1CCCCC1)c1cc(C)ccc1C. The van der Waals surface area contributed by atoms with E-state index < -0.39 is 29.7 Å². The lowest BCUT2D eigenvalue weighted by Gasteiger charge is -2.33. The van der Waals surface area contributed by atoms with Crippen LogP contribution in [0.4, 0.5) is 4.79 Å². The third-order valence-electron chi connectivity index (χ3n) is 6.26. The molecule has 1 aliphatic rings.